The molecule has 0 aromatic heterocycles. The molecule has 1 unspecified atom stereocenters. The molecule has 0 fully saturated rings. The van der Waals surface area contributed by atoms with Gasteiger partial charge in [0.1, 0.15) is 5.82 Å². The van der Waals surface area contributed by atoms with Crippen molar-refractivity contribution in [3.8, 4) is 0 Å². The topological polar surface area (TPSA) is 26.0 Å². The number of halogens is 1. The van der Waals surface area contributed by atoms with E-state index in [1.807, 2.05) is 13.0 Å². The number of hydrogen-bond acceptors (Lipinski definition) is 1. The van der Waals surface area contributed by atoms with Crippen LogP contribution in [0.25, 0.3) is 0 Å². The maximum absolute atomic E-state index is 13.9. The van der Waals surface area contributed by atoms with E-state index in [2.05, 4.69) is 18.2 Å². The van der Waals surface area contributed by atoms with Gasteiger partial charge in [-0.1, -0.05) is 36.4 Å². The van der Waals surface area contributed by atoms with Crippen LogP contribution >= 0.6 is 0 Å². The maximum Gasteiger partial charge on any atom is 0.128 e. The molecule has 0 amide bonds. The average molecular weight is 269 g/mol. The van der Waals surface area contributed by atoms with Crippen LogP contribution in [0.3, 0.4) is 0 Å². The molecular formula is C18H20FN. The summed E-state index contributed by atoms with van der Waals surface area (Å²) in [5, 5.41) is 0. The fourth-order valence-corrected chi connectivity index (χ4v) is 3.18. The van der Waals surface area contributed by atoms with Crippen LogP contribution in [0, 0.1) is 5.82 Å². The lowest BCUT2D eigenvalue weighted by Crippen LogP contribution is -2.36. The second kappa shape index (κ2) is 5.02. The van der Waals surface area contributed by atoms with Crippen LogP contribution in [0.5, 0.6) is 0 Å². The molecule has 0 radical (unpaired) electrons. The van der Waals surface area contributed by atoms with E-state index in [0.29, 0.717) is 12.0 Å². The molecule has 20 heavy (non-hydrogen) atoms. The van der Waals surface area contributed by atoms with Crippen LogP contribution in [-0.4, -0.2) is 0 Å². The number of rotatable bonds is 3. The van der Waals surface area contributed by atoms with Crippen molar-refractivity contribution in [2.75, 3.05) is 0 Å². The summed E-state index contributed by atoms with van der Waals surface area (Å²) in [5.74, 6) is -0.223. The molecule has 2 N–H and O–H groups in total. The Labute approximate surface area is 119 Å². The van der Waals surface area contributed by atoms with E-state index in [1.54, 1.807) is 12.1 Å². The van der Waals surface area contributed by atoms with Gasteiger partial charge in [-0.05, 0) is 55.4 Å². The molecule has 104 valence electrons. The molecule has 2 aromatic carbocycles. The van der Waals surface area contributed by atoms with Crippen molar-refractivity contribution in [3.63, 3.8) is 0 Å². The molecule has 0 aliphatic heterocycles. The first-order valence-electron chi connectivity index (χ1n) is 7.21. The van der Waals surface area contributed by atoms with Crippen LogP contribution in [0.2, 0.25) is 0 Å². The largest absolute Gasteiger partial charge is 0.321 e. The van der Waals surface area contributed by atoms with E-state index < -0.39 is 5.54 Å². The van der Waals surface area contributed by atoms with Gasteiger partial charge in [0.15, 0.2) is 0 Å². The lowest BCUT2D eigenvalue weighted by atomic mass is 9.85. The van der Waals surface area contributed by atoms with Gasteiger partial charge in [0.25, 0.3) is 0 Å². The van der Waals surface area contributed by atoms with E-state index in [-0.39, 0.29) is 5.82 Å². The van der Waals surface area contributed by atoms with Gasteiger partial charge in [0.05, 0.1) is 0 Å². The van der Waals surface area contributed by atoms with Crippen molar-refractivity contribution in [2.24, 2.45) is 5.73 Å². The third kappa shape index (κ3) is 2.48. The fraction of sp³-hybridized carbons (Fsp3) is 0.333. The van der Waals surface area contributed by atoms with Crippen molar-refractivity contribution in [1.82, 2.24) is 0 Å². The molecule has 0 spiro atoms. The third-order valence-corrected chi connectivity index (χ3v) is 4.22. The van der Waals surface area contributed by atoms with Crippen LogP contribution in [0.15, 0.2) is 42.5 Å². The van der Waals surface area contributed by atoms with E-state index >= 15 is 0 Å². The van der Waals surface area contributed by atoms with Crippen molar-refractivity contribution in [1.29, 1.82) is 0 Å². The van der Waals surface area contributed by atoms with Gasteiger partial charge in [-0.15, -0.1) is 0 Å². The van der Waals surface area contributed by atoms with E-state index in [0.717, 1.165) is 6.42 Å². The first-order chi connectivity index (χ1) is 9.56. The summed E-state index contributed by atoms with van der Waals surface area (Å²) in [6.07, 6.45) is 4.24. The quantitative estimate of drug-likeness (QED) is 0.902. The number of hydrogen-bond donors (Lipinski definition) is 1. The zero-order chi connectivity index (χ0) is 14.2. The van der Waals surface area contributed by atoms with Gasteiger partial charge in [-0.25, -0.2) is 4.39 Å². The van der Waals surface area contributed by atoms with Crippen LogP contribution in [0.1, 0.15) is 35.6 Å². The summed E-state index contributed by atoms with van der Waals surface area (Å²) < 4.78 is 13.9. The molecule has 2 aromatic rings. The highest BCUT2D eigenvalue weighted by atomic mass is 19.1. The standard InChI is InChI=1S/C18H20FN/c1-18(20,16-7-2-3-8-17(16)19)12-13-9-10-14-5-4-6-15(14)11-13/h2-3,7-11H,4-6,12,20H2,1H3. The lowest BCUT2D eigenvalue weighted by Gasteiger charge is -2.26. The van der Waals surface area contributed by atoms with Gasteiger partial charge >= 0.3 is 0 Å². The normalized spacial score (nSPS) is 16.8. The monoisotopic (exact) mass is 269 g/mol. The van der Waals surface area contributed by atoms with Crippen molar-refractivity contribution < 1.29 is 4.39 Å². The number of nitrogens with two attached hydrogens (primary N) is 1. The minimum Gasteiger partial charge on any atom is -0.321 e. The molecule has 0 saturated heterocycles. The number of fused-ring (bicyclic) bond motifs is 1. The molecule has 3 rings (SSSR count). The SMILES string of the molecule is CC(N)(Cc1ccc2c(c1)CCC2)c1ccccc1F. The number of benzene rings is 2. The van der Waals surface area contributed by atoms with Crippen molar-refractivity contribution in [2.45, 2.75) is 38.1 Å². The summed E-state index contributed by atoms with van der Waals surface area (Å²) in [6, 6.07) is 13.4. The Morgan fingerprint density at radius 2 is 1.85 bits per heavy atom. The zero-order valence-electron chi connectivity index (χ0n) is 11.8. The number of aryl methyl sites for hydroxylation is 2. The Morgan fingerprint density at radius 1 is 1.10 bits per heavy atom. The fourth-order valence-electron chi connectivity index (χ4n) is 3.18. The Balaban J connectivity index is 1.88. The highest BCUT2D eigenvalue weighted by molar-refractivity contribution is 5.37. The molecule has 1 aliphatic carbocycles. The van der Waals surface area contributed by atoms with Gasteiger partial charge in [-0.2, -0.15) is 0 Å². The summed E-state index contributed by atoms with van der Waals surface area (Å²) in [5.41, 5.74) is 10.4. The van der Waals surface area contributed by atoms with Crippen LogP contribution < -0.4 is 5.73 Å². The van der Waals surface area contributed by atoms with Gasteiger partial charge in [0.2, 0.25) is 0 Å². The van der Waals surface area contributed by atoms with E-state index in [1.165, 1.54) is 35.6 Å². The minimum absolute atomic E-state index is 0.223. The minimum atomic E-state index is -0.682. The molecule has 0 heterocycles. The molecular weight excluding hydrogens is 249 g/mol. The molecule has 0 saturated carbocycles. The predicted molar refractivity (Wildman–Crippen MR) is 80.1 cm³/mol. The Hall–Kier alpha value is -1.67. The average Bonchev–Trinajstić information content (AvgIpc) is 2.86. The van der Waals surface area contributed by atoms with Gasteiger partial charge in [-0.3, -0.25) is 0 Å². The van der Waals surface area contributed by atoms with Crippen LogP contribution in [0.4, 0.5) is 4.39 Å². The first-order valence-corrected chi connectivity index (χ1v) is 7.21. The zero-order valence-corrected chi connectivity index (χ0v) is 11.8. The smallest absolute Gasteiger partial charge is 0.128 e. The second-order valence-electron chi connectivity index (χ2n) is 6.03. The first kappa shape index (κ1) is 13.3. The highest BCUT2D eigenvalue weighted by Gasteiger charge is 2.25. The molecule has 2 heteroatoms. The third-order valence-electron chi connectivity index (χ3n) is 4.22. The summed E-state index contributed by atoms with van der Waals surface area (Å²) in [6.45, 7) is 1.90. The van der Waals surface area contributed by atoms with Crippen LogP contribution in [-0.2, 0) is 24.8 Å². The van der Waals surface area contributed by atoms with Crippen molar-refractivity contribution in [3.05, 3.63) is 70.5 Å². The predicted octanol–water partition coefficient (Wildman–Crippen LogP) is 3.73. The summed E-state index contributed by atoms with van der Waals surface area (Å²) >= 11 is 0. The Kier molecular flexibility index (Phi) is 3.35. The lowest BCUT2D eigenvalue weighted by molar-refractivity contribution is 0.457. The second-order valence-corrected chi connectivity index (χ2v) is 6.03. The van der Waals surface area contributed by atoms with Crippen molar-refractivity contribution >= 4 is 0 Å². The highest BCUT2D eigenvalue weighted by Crippen LogP contribution is 2.28. The molecule has 1 aliphatic rings. The Morgan fingerprint density at radius 3 is 2.65 bits per heavy atom. The van der Waals surface area contributed by atoms with E-state index in [9.17, 15) is 4.39 Å². The summed E-state index contributed by atoms with van der Waals surface area (Å²) in [7, 11) is 0. The molecule has 0 bridgehead atoms. The molecule has 1 atom stereocenters. The molecule has 1 nitrogen and oxygen atoms in total. The van der Waals surface area contributed by atoms with Gasteiger partial charge < -0.3 is 5.73 Å². The summed E-state index contributed by atoms with van der Waals surface area (Å²) in [4.78, 5) is 0. The Bertz CT molecular complexity index is 631. The van der Waals surface area contributed by atoms with Gasteiger partial charge in [0, 0.05) is 11.1 Å². The van der Waals surface area contributed by atoms with E-state index in [4.69, 9.17) is 5.73 Å². The maximum atomic E-state index is 13.9.